The van der Waals surface area contributed by atoms with Gasteiger partial charge in [-0.3, -0.25) is 29.4 Å². The van der Waals surface area contributed by atoms with Gasteiger partial charge in [0.15, 0.2) is 8.32 Å². The minimum Gasteiger partial charge on any atom is -0.415 e. The fraction of sp³-hybridized carbons (Fsp3) is 0.706. The van der Waals surface area contributed by atoms with Crippen LogP contribution in [0.4, 0.5) is 5.69 Å². The summed E-state index contributed by atoms with van der Waals surface area (Å²) < 4.78 is 49.7. The molecular formula is C34H55N3O13Si. The maximum absolute atomic E-state index is 13.1. The summed E-state index contributed by atoms with van der Waals surface area (Å²) in [5.41, 5.74) is 0.915. The lowest BCUT2D eigenvalue weighted by atomic mass is 10.0. The van der Waals surface area contributed by atoms with Gasteiger partial charge in [-0.05, 0) is 38.2 Å². The molecule has 17 heteroatoms. The van der Waals surface area contributed by atoms with Gasteiger partial charge in [0, 0.05) is 18.7 Å². The number of rotatable bonds is 30. The predicted molar refractivity (Wildman–Crippen MR) is 187 cm³/mol. The first-order chi connectivity index (χ1) is 24.7. The minimum absolute atomic E-state index is 0.0681. The molecule has 288 valence electrons. The number of anilines is 1. The zero-order chi connectivity index (χ0) is 36.7. The van der Waals surface area contributed by atoms with Crippen LogP contribution < -0.4 is 10.6 Å². The molecule has 1 fully saturated rings. The summed E-state index contributed by atoms with van der Waals surface area (Å²) in [6, 6.07) is 3.91. The number of carbonyl (C=O) groups excluding carboxylic acids is 4. The molecule has 1 saturated heterocycles. The number of piperidine rings is 1. The first kappa shape index (κ1) is 42.6. The molecule has 0 saturated carbocycles. The minimum atomic E-state index is -1.47. The number of nitrogens with one attached hydrogen (secondary N) is 2. The number of nitrogens with zero attached hydrogens (tertiary/aromatic N) is 1. The maximum Gasteiger partial charge on any atom is 0.264 e. The highest BCUT2D eigenvalue weighted by Crippen LogP contribution is 2.32. The number of hydrogen-bond donors (Lipinski definition) is 2. The third-order valence-corrected chi connectivity index (χ3v) is 8.47. The predicted octanol–water partition coefficient (Wildman–Crippen LogP) is 1.48. The lowest BCUT2D eigenvalue weighted by Gasteiger charge is -2.27. The molecule has 0 spiro atoms. The van der Waals surface area contributed by atoms with Crippen molar-refractivity contribution in [2.75, 3.05) is 124 Å². The topological polar surface area (TPSA) is 179 Å². The second-order valence-electron chi connectivity index (χ2n) is 12.5. The van der Waals surface area contributed by atoms with Crippen molar-refractivity contribution in [3.8, 4) is 0 Å². The Kier molecular flexibility index (Phi) is 20.4. The van der Waals surface area contributed by atoms with Crippen LogP contribution in [0.25, 0.3) is 0 Å². The Morgan fingerprint density at radius 2 is 1.10 bits per heavy atom. The zero-order valence-corrected chi connectivity index (χ0v) is 31.2. The molecule has 3 rings (SSSR count). The first-order valence-electron chi connectivity index (χ1n) is 17.5. The standard InChI is InChI=1S/C34H55N3O13Si/c1-51(2,3)50-26-25-49-24-23-48-22-21-47-20-19-46-18-17-45-16-15-44-14-13-43-12-11-42-10-9-35-28-6-4-5-27-31(28)34(41)37(33(27)40)29-7-8-30(38)36-32(29)39/h4-6,29,35H,7-26H2,1-3H3,(H,36,38,39). The molecule has 0 radical (unpaired) electrons. The van der Waals surface area contributed by atoms with Gasteiger partial charge < -0.3 is 47.6 Å². The van der Waals surface area contributed by atoms with Gasteiger partial charge in [-0.1, -0.05) is 6.07 Å². The number of carbonyl (C=O) groups is 4. The highest BCUT2D eigenvalue weighted by Gasteiger charge is 2.45. The van der Waals surface area contributed by atoms with E-state index in [-0.39, 0.29) is 24.0 Å². The number of imide groups is 2. The van der Waals surface area contributed by atoms with Gasteiger partial charge in [-0.15, -0.1) is 0 Å². The van der Waals surface area contributed by atoms with Crippen molar-refractivity contribution < 1.29 is 61.5 Å². The van der Waals surface area contributed by atoms with Gasteiger partial charge in [0.25, 0.3) is 11.8 Å². The van der Waals surface area contributed by atoms with Gasteiger partial charge in [-0.2, -0.15) is 0 Å². The maximum atomic E-state index is 13.1. The third-order valence-electron chi connectivity index (χ3n) is 7.40. The van der Waals surface area contributed by atoms with Crippen LogP contribution in [0.2, 0.25) is 19.6 Å². The highest BCUT2D eigenvalue weighted by molar-refractivity contribution is 6.69. The Labute approximate surface area is 301 Å². The van der Waals surface area contributed by atoms with E-state index >= 15 is 0 Å². The van der Waals surface area contributed by atoms with Gasteiger partial charge in [-0.25, -0.2) is 0 Å². The first-order valence-corrected chi connectivity index (χ1v) is 20.9. The average molecular weight is 742 g/mol. The molecule has 16 nitrogen and oxygen atoms in total. The second-order valence-corrected chi connectivity index (χ2v) is 17.0. The number of benzene rings is 1. The number of fused-ring (bicyclic) bond motifs is 1. The van der Waals surface area contributed by atoms with E-state index in [0.29, 0.717) is 125 Å². The van der Waals surface area contributed by atoms with E-state index in [2.05, 4.69) is 30.3 Å². The molecule has 1 aromatic carbocycles. The Hall–Kier alpha value is -2.84. The summed E-state index contributed by atoms with van der Waals surface area (Å²) in [7, 11) is -1.47. The largest absolute Gasteiger partial charge is 0.415 e. The lowest BCUT2D eigenvalue weighted by Crippen LogP contribution is -2.54. The van der Waals surface area contributed by atoms with Crippen molar-refractivity contribution in [3.63, 3.8) is 0 Å². The van der Waals surface area contributed by atoms with Gasteiger partial charge in [0.2, 0.25) is 11.8 Å². The monoisotopic (exact) mass is 741 g/mol. The summed E-state index contributed by atoms with van der Waals surface area (Å²) in [4.78, 5) is 50.8. The summed E-state index contributed by atoms with van der Waals surface area (Å²) >= 11 is 0. The quantitative estimate of drug-likeness (QED) is 0.0658. The molecule has 2 aliphatic rings. The highest BCUT2D eigenvalue weighted by atomic mass is 28.4. The van der Waals surface area contributed by atoms with Crippen LogP contribution >= 0.6 is 0 Å². The molecular weight excluding hydrogens is 686 g/mol. The normalized spacial score (nSPS) is 16.2. The molecule has 2 aliphatic heterocycles. The Morgan fingerprint density at radius 1 is 0.647 bits per heavy atom. The molecule has 0 aliphatic carbocycles. The lowest BCUT2D eigenvalue weighted by molar-refractivity contribution is -0.136. The average Bonchev–Trinajstić information content (AvgIpc) is 3.34. The van der Waals surface area contributed by atoms with E-state index in [1.807, 2.05) is 0 Å². The summed E-state index contributed by atoms with van der Waals surface area (Å²) in [5, 5.41) is 5.33. The third kappa shape index (κ3) is 16.6. The van der Waals surface area contributed by atoms with Crippen LogP contribution in [0.5, 0.6) is 0 Å². The summed E-state index contributed by atoms with van der Waals surface area (Å²) in [6.45, 7) is 15.0. The van der Waals surface area contributed by atoms with Gasteiger partial charge in [0.05, 0.1) is 123 Å². The van der Waals surface area contributed by atoms with E-state index in [1.165, 1.54) is 0 Å². The fourth-order valence-corrected chi connectivity index (χ4v) is 5.66. The van der Waals surface area contributed by atoms with Crippen molar-refractivity contribution in [1.29, 1.82) is 0 Å². The van der Waals surface area contributed by atoms with Crippen LogP contribution in [0.1, 0.15) is 33.6 Å². The SMILES string of the molecule is C[Si](C)(C)OCCOCCOCCOCCOCCOCCOCCOCCOCCNc1cccc2c1C(=O)N(C1CCC(=O)NC1=O)C2=O. The van der Waals surface area contributed by atoms with Crippen molar-refractivity contribution in [2.45, 2.75) is 38.5 Å². The number of amides is 4. The van der Waals surface area contributed by atoms with Gasteiger partial charge >= 0.3 is 0 Å². The second kappa shape index (κ2) is 24.4. The van der Waals surface area contributed by atoms with E-state index in [9.17, 15) is 19.2 Å². The molecule has 1 unspecified atom stereocenters. The molecule has 2 heterocycles. The fourth-order valence-electron chi connectivity index (χ4n) is 4.97. The Balaban J connectivity index is 1.05. The van der Waals surface area contributed by atoms with Crippen molar-refractivity contribution in [3.05, 3.63) is 29.3 Å². The van der Waals surface area contributed by atoms with Crippen LogP contribution in [0.3, 0.4) is 0 Å². The van der Waals surface area contributed by atoms with Crippen molar-refractivity contribution >= 4 is 37.6 Å². The smallest absolute Gasteiger partial charge is 0.264 e. The van der Waals surface area contributed by atoms with E-state index in [0.717, 1.165) is 4.90 Å². The zero-order valence-electron chi connectivity index (χ0n) is 30.2. The van der Waals surface area contributed by atoms with Gasteiger partial charge in [0.1, 0.15) is 6.04 Å². The van der Waals surface area contributed by atoms with Crippen molar-refractivity contribution in [1.82, 2.24) is 10.2 Å². The van der Waals surface area contributed by atoms with E-state index in [4.69, 9.17) is 42.3 Å². The van der Waals surface area contributed by atoms with Crippen LogP contribution in [0, 0.1) is 0 Å². The molecule has 51 heavy (non-hydrogen) atoms. The molecule has 0 aromatic heterocycles. The van der Waals surface area contributed by atoms with E-state index in [1.54, 1.807) is 18.2 Å². The van der Waals surface area contributed by atoms with E-state index < -0.39 is 38.0 Å². The molecule has 2 N–H and O–H groups in total. The van der Waals surface area contributed by atoms with Crippen LogP contribution in [-0.2, 0) is 51.9 Å². The molecule has 1 aromatic rings. The summed E-state index contributed by atoms with van der Waals surface area (Å²) in [6.07, 6.45) is 0.174. The van der Waals surface area contributed by atoms with Crippen molar-refractivity contribution in [2.24, 2.45) is 0 Å². The molecule has 4 amide bonds. The molecule has 1 atom stereocenters. The number of ether oxygens (including phenoxy) is 8. The van der Waals surface area contributed by atoms with Crippen LogP contribution in [0.15, 0.2) is 18.2 Å². The Morgan fingerprint density at radius 3 is 1.55 bits per heavy atom. The number of hydrogen-bond acceptors (Lipinski definition) is 14. The Bertz CT molecular complexity index is 1220. The molecule has 0 bridgehead atoms. The summed E-state index contributed by atoms with van der Waals surface area (Å²) in [5.74, 6) is -2.16. The van der Waals surface area contributed by atoms with Crippen LogP contribution in [-0.4, -0.2) is 162 Å².